The lowest BCUT2D eigenvalue weighted by molar-refractivity contribution is -0.120. The SMILES string of the molecule is O=C(CNCCc1ccccc1F)NCCc1ccccc1. The van der Waals surface area contributed by atoms with Crippen LogP contribution >= 0.6 is 0 Å². The number of benzene rings is 2. The summed E-state index contributed by atoms with van der Waals surface area (Å²) in [4.78, 5) is 11.7. The van der Waals surface area contributed by atoms with Crippen LogP contribution in [-0.4, -0.2) is 25.5 Å². The molecule has 0 aliphatic rings. The zero-order valence-electron chi connectivity index (χ0n) is 12.5. The van der Waals surface area contributed by atoms with E-state index >= 15 is 0 Å². The molecule has 2 rings (SSSR count). The third-order valence-corrected chi connectivity index (χ3v) is 3.39. The maximum Gasteiger partial charge on any atom is 0.233 e. The normalized spacial score (nSPS) is 10.4. The van der Waals surface area contributed by atoms with Gasteiger partial charge in [0, 0.05) is 6.54 Å². The van der Waals surface area contributed by atoms with Gasteiger partial charge in [-0.2, -0.15) is 0 Å². The molecule has 3 nitrogen and oxygen atoms in total. The fourth-order valence-corrected chi connectivity index (χ4v) is 2.18. The van der Waals surface area contributed by atoms with Crippen LogP contribution in [0.25, 0.3) is 0 Å². The second-order valence-electron chi connectivity index (χ2n) is 5.10. The van der Waals surface area contributed by atoms with Crippen molar-refractivity contribution in [2.24, 2.45) is 0 Å². The summed E-state index contributed by atoms with van der Waals surface area (Å²) < 4.78 is 13.4. The Morgan fingerprint density at radius 3 is 2.41 bits per heavy atom. The number of amides is 1. The predicted octanol–water partition coefficient (Wildman–Crippen LogP) is 2.32. The molecule has 0 spiro atoms. The van der Waals surface area contributed by atoms with E-state index in [0.717, 1.165) is 6.42 Å². The second kappa shape index (κ2) is 8.95. The van der Waals surface area contributed by atoms with Crippen molar-refractivity contribution in [1.29, 1.82) is 0 Å². The molecule has 0 heterocycles. The first-order chi connectivity index (χ1) is 10.8. The maximum atomic E-state index is 13.4. The van der Waals surface area contributed by atoms with Gasteiger partial charge in [-0.3, -0.25) is 4.79 Å². The Morgan fingerprint density at radius 2 is 1.64 bits per heavy atom. The molecule has 0 atom stereocenters. The van der Waals surface area contributed by atoms with Crippen LogP contribution in [-0.2, 0) is 17.6 Å². The van der Waals surface area contributed by atoms with E-state index in [1.54, 1.807) is 12.1 Å². The van der Waals surface area contributed by atoms with E-state index < -0.39 is 0 Å². The summed E-state index contributed by atoms with van der Waals surface area (Å²) in [5.74, 6) is -0.235. The van der Waals surface area contributed by atoms with Crippen LogP contribution in [0, 0.1) is 5.82 Å². The average molecular weight is 300 g/mol. The van der Waals surface area contributed by atoms with Crippen LogP contribution in [0.5, 0.6) is 0 Å². The van der Waals surface area contributed by atoms with Crippen molar-refractivity contribution in [3.63, 3.8) is 0 Å². The van der Waals surface area contributed by atoms with Gasteiger partial charge in [0.2, 0.25) is 5.91 Å². The minimum atomic E-state index is -0.198. The van der Waals surface area contributed by atoms with Crippen molar-refractivity contribution in [3.8, 4) is 0 Å². The molecule has 0 unspecified atom stereocenters. The highest BCUT2D eigenvalue weighted by Crippen LogP contribution is 2.05. The molecule has 0 fully saturated rings. The van der Waals surface area contributed by atoms with E-state index in [1.165, 1.54) is 11.6 Å². The number of rotatable bonds is 8. The lowest BCUT2D eigenvalue weighted by Crippen LogP contribution is -2.35. The molecule has 0 aromatic heterocycles. The predicted molar refractivity (Wildman–Crippen MR) is 86.1 cm³/mol. The van der Waals surface area contributed by atoms with Gasteiger partial charge in [-0.15, -0.1) is 0 Å². The van der Waals surface area contributed by atoms with Gasteiger partial charge < -0.3 is 10.6 Å². The number of carbonyl (C=O) groups is 1. The van der Waals surface area contributed by atoms with Gasteiger partial charge in [0.25, 0.3) is 0 Å². The summed E-state index contributed by atoms with van der Waals surface area (Å²) in [6.45, 7) is 1.45. The zero-order valence-corrected chi connectivity index (χ0v) is 12.5. The van der Waals surface area contributed by atoms with Gasteiger partial charge in [0.1, 0.15) is 5.82 Å². The van der Waals surface area contributed by atoms with E-state index in [1.807, 2.05) is 36.4 Å². The summed E-state index contributed by atoms with van der Waals surface area (Å²) in [6, 6.07) is 16.7. The van der Waals surface area contributed by atoms with Crippen LogP contribution < -0.4 is 10.6 Å². The summed E-state index contributed by atoms with van der Waals surface area (Å²) in [5.41, 5.74) is 1.87. The topological polar surface area (TPSA) is 41.1 Å². The molecule has 0 saturated carbocycles. The highest BCUT2D eigenvalue weighted by atomic mass is 19.1. The minimum Gasteiger partial charge on any atom is -0.355 e. The van der Waals surface area contributed by atoms with Crippen molar-refractivity contribution in [3.05, 3.63) is 71.5 Å². The van der Waals surface area contributed by atoms with Crippen LogP contribution in [0.3, 0.4) is 0 Å². The number of carbonyl (C=O) groups excluding carboxylic acids is 1. The quantitative estimate of drug-likeness (QED) is 0.735. The molecule has 0 aliphatic heterocycles. The number of hydrogen-bond acceptors (Lipinski definition) is 2. The Hall–Kier alpha value is -2.20. The third kappa shape index (κ3) is 5.66. The molecular weight excluding hydrogens is 279 g/mol. The van der Waals surface area contributed by atoms with Gasteiger partial charge in [-0.1, -0.05) is 48.5 Å². The molecule has 0 aliphatic carbocycles. The average Bonchev–Trinajstić information content (AvgIpc) is 2.54. The molecule has 116 valence electrons. The highest BCUT2D eigenvalue weighted by molar-refractivity contribution is 5.77. The van der Waals surface area contributed by atoms with Crippen LogP contribution in [0.15, 0.2) is 54.6 Å². The Kier molecular flexibility index (Phi) is 6.58. The first-order valence-electron chi connectivity index (χ1n) is 7.50. The van der Waals surface area contributed by atoms with Crippen LogP contribution in [0.4, 0.5) is 4.39 Å². The molecule has 4 heteroatoms. The van der Waals surface area contributed by atoms with E-state index in [0.29, 0.717) is 25.1 Å². The van der Waals surface area contributed by atoms with E-state index in [4.69, 9.17) is 0 Å². The Labute approximate surface area is 130 Å². The minimum absolute atomic E-state index is 0.0375. The van der Waals surface area contributed by atoms with Crippen molar-refractivity contribution < 1.29 is 9.18 Å². The van der Waals surface area contributed by atoms with Gasteiger partial charge in [-0.25, -0.2) is 4.39 Å². The van der Waals surface area contributed by atoms with Gasteiger partial charge in [-0.05, 0) is 36.6 Å². The molecule has 0 saturated heterocycles. The lowest BCUT2D eigenvalue weighted by Gasteiger charge is -2.07. The Bertz CT molecular complexity index is 587. The third-order valence-electron chi connectivity index (χ3n) is 3.39. The van der Waals surface area contributed by atoms with Crippen molar-refractivity contribution >= 4 is 5.91 Å². The second-order valence-corrected chi connectivity index (χ2v) is 5.10. The fraction of sp³-hybridized carbons (Fsp3) is 0.278. The van der Waals surface area contributed by atoms with E-state index in [2.05, 4.69) is 10.6 Å². The molecule has 1 amide bonds. The fourth-order valence-electron chi connectivity index (χ4n) is 2.18. The molecular formula is C18H21FN2O. The summed E-state index contributed by atoms with van der Waals surface area (Å²) >= 11 is 0. The first kappa shape index (κ1) is 16.2. The molecule has 2 N–H and O–H groups in total. The first-order valence-corrected chi connectivity index (χ1v) is 7.50. The maximum absolute atomic E-state index is 13.4. The van der Waals surface area contributed by atoms with Gasteiger partial charge in [0.15, 0.2) is 0 Å². The Balaban J connectivity index is 1.57. The molecule has 2 aromatic rings. The van der Waals surface area contributed by atoms with Crippen molar-refractivity contribution in [2.45, 2.75) is 12.8 Å². The van der Waals surface area contributed by atoms with Gasteiger partial charge in [0.05, 0.1) is 6.54 Å². The monoisotopic (exact) mass is 300 g/mol. The number of halogens is 1. The van der Waals surface area contributed by atoms with Crippen LogP contribution in [0.1, 0.15) is 11.1 Å². The molecule has 22 heavy (non-hydrogen) atoms. The summed E-state index contributed by atoms with van der Waals surface area (Å²) in [7, 11) is 0. The van der Waals surface area contributed by atoms with E-state index in [9.17, 15) is 9.18 Å². The largest absolute Gasteiger partial charge is 0.355 e. The Morgan fingerprint density at radius 1 is 0.909 bits per heavy atom. The molecule has 2 aromatic carbocycles. The number of nitrogens with one attached hydrogen (secondary N) is 2. The van der Waals surface area contributed by atoms with Crippen LogP contribution in [0.2, 0.25) is 0 Å². The van der Waals surface area contributed by atoms with Crippen molar-refractivity contribution in [1.82, 2.24) is 10.6 Å². The number of hydrogen-bond donors (Lipinski definition) is 2. The highest BCUT2D eigenvalue weighted by Gasteiger charge is 2.02. The lowest BCUT2D eigenvalue weighted by atomic mass is 10.1. The molecule has 0 radical (unpaired) electrons. The van der Waals surface area contributed by atoms with Gasteiger partial charge >= 0.3 is 0 Å². The van der Waals surface area contributed by atoms with Crippen molar-refractivity contribution in [2.75, 3.05) is 19.6 Å². The smallest absolute Gasteiger partial charge is 0.233 e. The van der Waals surface area contributed by atoms with E-state index in [-0.39, 0.29) is 18.3 Å². The standard InChI is InChI=1S/C18H21FN2O/c19-17-9-5-4-8-16(17)11-12-20-14-18(22)21-13-10-15-6-2-1-3-7-15/h1-9,20H,10-14H2,(H,21,22). The summed E-state index contributed by atoms with van der Waals surface area (Å²) in [5, 5.41) is 5.90. The molecule has 0 bridgehead atoms. The summed E-state index contributed by atoms with van der Waals surface area (Å²) in [6.07, 6.45) is 1.39. The zero-order chi connectivity index (χ0) is 15.6.